The van der Waals surface area contributed by atoms with Gasteiger partial charge in [-0.3, -0.25) is 9.59 Å². The molecule has 21 heavy (non-hydrogen) atoms. The van der Waals surface area contributed by atoms with Crippen LogP contribution in [-0.4, -0.2) is 16.9 Å². The van der Waals surface area contributed by atoms with E-state index in [0.29, 0.717) is 18.4 Å². The Balaban J connectivity index is 2.07. The van der Waals surface area contributed by atoms with Crippen LogP contribution in [0.25, 0.3) is 0 Å². The molecule has 1 aromatic heterocycles. The average molecular weight is 300 g/mol. The zero-order chi connectivity index (χ0) is 15.1. The predicted molar refractivity (Wildman–Crippen MR) is 82.4 cm³/mol. The number of carboxylic acid groups (broad SMARTS) is 1. The summed E-state index contributed by atoms with van der Waals surface area (Å²) in [5, 5.41) is 9.27. The van der Waals surface area contributed by atoms with Crippen LogP contribution in [0.4, 0.5) is 0 Å². The number of thiophene rings is 1. The molecule has 1 aliphatic rings. The summed E-state index contributed by atoms with van der Waals surface area (Å²) in [6.45, 7) is 3.87. The molecule has 0 bridgehead atoms. The molecule has 0 saturated heterocycles. The molecule has 0 saturated carbocycles. The number of benzene rings is 1. The van der Waals surface area contributed by atoms with E-state index in [9.17, 15) is 14.7 Å². The Morgan fingerprint density at radius 1 is 1.29 bits per heavy atom. The summed E-state index contributed by atoms with van der Waals surface area (Å²) in [6.07, 6.45) is 1.29. The van der Waals surface area contributed by atoms with Gasteiger partial charge >= 0.3 is 5.97 Å². The number of hydrogen-bond acceptors (Lipinski definition) is 3. The second kappa shape index (κ2) is 5.11. The summed E-state index contributed by atoms with van der Waals surface area (Å²) in [7, 11) is 0. The van der Waals surface area contributed by atoms with Crippen LogP contribution >= 0.6 is 11.3 Å². The van der Waals surface area contributed by atoms with Crippen LogP contribution in [0.3, 0.4) is 0 Å². The topological polar surface area (TPSA) is 54.4 Å². The fourth-order valence-electron chi connectivity index (χ4n) is 3.03. The Bertz CT molecular complexity index is 742. The Hall–Kier alpha value is -1.94. The molecule has 3 rings (SSSR count). The number of ketones is 1. The lowest BCUT2D eigenvalue weighted by Crippen LogP contribution is -2.06. The maximum Gasteiger partial charge on any atom is 0.311 e. The number of hydrogen-bond donors (Lipinski definition) is 1. The number of rotatable bonds is 3. The summed E-state index contributed by atoms with van der Waals surface area (Å²) >= 11 is 1.47. The van der Waals surface area contributed by atoms with Crippen LogP contribution in [0, 0.1) is 13.8 Å². The molecule has 0 amide bonds. The fourth-order valence-corrected chi connectivity index (χ4v) is 4.36. The molecule has 1 unspecified atom stereocenters. The van der Waals surface area contributed by atoms with Crippen molar-refractivity contribution in [3.05, 3.63) is 56.3 Å². The lowest BCUT2D eigenvalue weighted by molar-refractivity contribution is -0.138. The number of aryl methyl sites for hydroxylation is 2. The summed E-state index contributed by atoms with van der Waals surface area (Å²) in [4.78, 5) is 25.9. The molecule has 0 spiro atoms. The second-order valence-corrected chi connectivity index (χ2v) is 6.76. The van der Waals surface area contributed by atoms with Crippen molar-refractivity contribution in [2.75, 3.05) is 0 Å². The monoisotopic (exact) mass is 300 g/mol. The van der Waals surface area contributed by atoms with Crippen molar-refractivity contribution >= 4 is 23.1 Å². The predicted octanol–water partition coefficient (Wildman–Crippen LogP) is 3.71. The number of carbonyl (C=O) groups excluding carboxylic acids is 1. The van der Waals surface area contributed by atoms with Crippen molar-refractivity contribution in [2.45, 2.75) is 32.6 Å². The highest BCUT2D eigenvalue weighted by Crippen LogP contribution is 2.43. The van der Waals surface area contributed by atoms with Gasteiger partial charge in [-0.25, -0.2) is 0 Å². The molecule has 0 radical (unpaired) electrons. The Labute approximate surface area is 127 Å². The van der Waals surface area contributed by atoms with E-state index in [4.69, 9.17) is 0 Å². The molecule has 2 aromatic rings. The minimum atomic E-state index is -0.787. The van der Waals surface area contributed by atoms with Gasteiger partial charge in [0.1, 0.15) is 0 Å². The molecule has 108 valence electrons. The van der Waals surface area contributed by atoms with Crippen molar-refractivity contribution in [1.82, 2.24) is 0 Å². The largest absolute Gasteiger partial charge is 0.481 e. The van der Waals surface area contributed by atoms with Crippen LogP contribution in [0.2, 0.25) is 0 Å². The van der Waals surface area contributed by atoms with Gasteiger partial charge in [0.05, 0.1) is 5.92 Å². The highest BCUT2D eigenvalue weighted by molar-refractivity contribution is 7.12. The van der Waals surface area contributed by atoms with Crippen LogP contribution in [-0.2, 0) is 11.2 Å². The lowest BCUT2D eigenvalue weighted by Gasteiger charge is -2.04. The first-order chi connectivity index (χ1) is 9.99. The minimum absolute atomic E-state index is 0.0136. The molecular weight excluding hydrogens is 284 g/mol. The lowest BCUT2D eigenvalue weighted by atomic mass is 9.98. The number of carboxylic acids is 1. The fraction of sp³-hybridized carbons (Fsp3) is 0.294. The third-order valence-electron chi connectivity index (χ3n) is 4.02. The first-order valence-corrected chi connectivity index (χ1v) is 7.77. The van der Waals surface area contributed by atoms with E-state index in [-0.39, 0.29) is 5.78 Å². The summed E-state index contributed by atoms with van der Waals surface area (Å²) < 4.78 is 0. The van der Waals surface area contributed by atoms with Crippen LogP contribution in [0.15, 0.2) is 24.3 Å². The van der Waals surface area contributed by atoms with Gasteiger partial charge < -0.3 is 5.11 Å². The van der Waals surface area contributed by atoms with Gasteiger partial charge in [0, 0.05) is 20.9 Å². The molecule has 0 aliphatic heterocycles. The quantitative estimate of drug-likeness (QED) is 0.879. The highest BCUT2D eigenvalue weighted by Gasteiger charge is 2.35. The molecule has 1 heterocycles. The first-order valence-electron chi connectivity index (χ1n) is 6.95. The standard InChI is InChI=1S/C17H16O3S/c1-9-4-3-5-11(8-9)15(18)14-10(2)21-16-12(14)6-7-13(16)17(19)20/h3-5,8,13H,6-7H2,1-2H3,(H,19,20). The third-order valence-corrected chi connectivity index (χ3v) is 5.28. The Morgan fingerprint density at radius 3 is 2.71 bits per heavy atom. The Morgan fingerprint density at radius 2 is 2.05 bits per heavy atom. The smallest absolute Gasteiger partial charge is 0.311 e. The molecule has 1 N–H and O–H groups in total. The molecule has 1 aromatic carbocycles. The van der Waals surface area contributed by atoms with E-state index in [1.54, 1.807) is 0 Å². The molecule has 0 fully saturated rings. The van der Waals surface area contributed by atoms with Gasteiger partial charge in [0.15, 0.2) is 5.78 Å². The van der Waals surface area contributed by atoms with Crippen molar-refractivity contribution in [1.29, 1.82) is 0 Å². The van der Waals surface area contributed by atoms with Gasteiger partial charge in [-0.2, -0.15) is 0 Å². The highest BCUT2D eigenvalue weighted by atomic mass is 32.1. The molecular formula is C17H16O3S. The SMILES string of the molecule is Cc1cccc(C(=O)c2c(C)sc3c2CCC3C(=O)O)c1. The zero-order valence-electron chi connectivity index (χ0n) is 12.0. The van der Waals surface area contributed by atoms with Gasteiger partial charge in [-0.1, -0.05) is 23.8 Å². The van der Waals surface area contributed by atoms with E-state index in [0.717, 1.165) is 26.4 Å². The number of fused-ring (bicyclic) bond motifs is 1. The summed E-state index contributed by atoms with van der Waals surface area (Å²) in [5.74, 6) is -1.22. The van der Waals surface area contributed by atoms with Crippen LogP contribution < -0.4 is 0 Å². The van der Waals surface area contributed by atoms with Crippen molar-refractivity contribution in [3.63, 3.8) is 0 Å². The summed E-state index contributed by atoms with van der Waals surface area (Å²) in [6, 6.07) is 7.55. The maximum atomic E-state index is 12.8. The second-order valence-electron chi connectivity index (χ2n) is 5.50. The maximum absolute atomic E-state index is 12.8. The van der Waals surface area contributed by atoms with E-state index in [1.807, 2.05) is 38.1 Å². The van der Waals surface area contributed by atoms with Gasteiger partial charge in [-0.15, -0.1) is 11.3 Å². The van der Waals surface area contributed by atoms with E-state index in [1.165, 1.54) is 11.3 Å². The van der Waals surface area contributed by atoms with Crippen molar-refractivity contribution in [2.24, 2.45) is 0 Å². The van der Waals surface area contributed by atoms with Gasteiger partial charge in [-0.05, 0) is 38.3 Å². The first kappa shape index (κ1) is 14.0. The Kier molecular flexibility index (Phi) is 3.41. The van der Waals surface area contributed by atoms with Crippen molar-refractivity contribution < 1.29 is 14.7 Å². The normalized spacial score (nSPS) is 16.8. The van der Waals surface area contributed by atoms with Gasteiger partial charge in [0.2, 0.25) is 0 Å². The van der Waals surface area contributed by atoms with Crippen LogP contribution in [0.5, 0.6) is 0 Å². The average Bonchev–Trinajstić information content (AvgIpc) is 2.95. The van der Waals surface area contributed by atoms with E-state index < -0.39 is 11.9 Å². The minimum Gasteiger partial charge on any atom is -0.481 e. The molecule has 3 nitrogen and oxygen atoms in total. The number of carbonyl (C=O) groups is 2. The summed E-state index contributed by atoms with van der Waals surface area (Å²) in [5.41, 5.74) is 3.41. The van der Waals surface area contributed by atoms with E-state index in [2.05, 4.69) is 0 Å². The van der Waals surface area contributed by atoms with Crippen molar-refractivity contribution in [3.8, 4) is 0 Å². The van der Waals surface area contributed by atoms with E-state index >= 15 is 0 Å². The third kappa shape index (κ3) is 2.29. The molecule has 1 aliphatic carbocycles. The molecule has 4 heteroatoms. The molecule has 1 atom stereocenters. The zero-order valence-corrected chi connectivity index (χ0v) is 12.8. The number of aliphatic carboxylic acids is 1. The van der Waals surface area contributed by atoms with Gasteiger partial charge in [0.25, 0.3) is 0 Å². The van der Waals surface area contributed by atoms with Crippen LogP contribution in [0.1, 0.15) is 49.1 Å².